The summed E-state index contributed by atoms with van der Waals surface area (Å²) in [5, 5.41) is 9.75. The van der Waals surface area contributed by atoms with Crippen molar-refractivity contribution >= 4 is 145 Å². The molecule has 0 aliphatic rings. The number of rotatable bonds is 21. The number of benzene rings is 22. The van der Waals surface area contributed by atoms with Gasteiger partial charge in [0.1, 0.15) is 0 Å². The fraction of sp³-hybridized carbons (Fsp3) is 0.0312. The van der Waals surface area contributed by atoms with Crippen LogP contribution >= 0.6 is 0 Å². The standard InChI is InChI=1S/C52H36N2.C40H36N2.C36H28N2/c1-5-21-45-39(13-1)17-9-25-49(45)53(50-26-10-18-40-14-2-6-22-46(40)50)43-33-29-37(30-34-43)38-31-35-44(36-32-38)54(51-27-11-19-41-15-3-7-23-47(41)51)52-28-12-20-42-16-4-8-24-48(42)52;1-29-5-17-35(18-6-29)41(36-19-7-30(2)8-20-36)39-25-13-33(14-26-39)34-15-27-40(28-16-34)42(37-21-9-31(3)10-22-37)38-23-11-32(4)12-24-38;1-5-13-31(14-6-1)37(32-15-7-2-8-16-32)35-25-21-29(22-26-35)30-23-27-36(28-24-30)38(33-17-9-3-10-18-33)34-19-11-4-12-20-34/h1-36H;5-28H,1-4H3;1-28H. The summed E-state index contributed by atoms with van der Waals surface area (Å²) < 4.78 is 0. The molecule has 6 nitrogen and oxygen atoms in total. The van der Waals surface area contributed by atoms with E-state index in [1.54, 1.807) is 0 Å². The third-order valence-electron chi connectivity index (χ3n) is 25.0. The average Bonchev–Trinajstić information content (AvgIpc) is 0.762. The maximum absolute atomic E-state index is 2.41. The van der Waals surface area contributed by atoms with E-state index in [-0.39, 0.29) is 0 Å². The Labute approximate surface area is 786 Å². The Morgan fingerprint density at radius 3 is 0.418 bits per heavy atom. The van der Waals surface area contributed by atoms with Crippen LogP contribution < -0.4 is 29.4 Å². The second-order valence-electron chi connectivity index (χ2n) is 34.0. The van der Waals surface area contributed by atoms with E-state index in [4.69, 9.17) is 0 Å². The van der Waals surface area contributed by atoms with Crippen LogP contribution in [0.5, 0.6) is 0 Å². The van der Waals surface area contributed by atoms with Crippen molar-refractivity contribution in [1.82, 2.24) is 0 Å². The summed E-state index contributed by atoms with van der Waals surface area (Å²) in [6.45, 7) is 8.50. The minimum Gasteiger partial charge on any atom is -0.311 e. The van der Waals surface area contributed by atoms with Gasteiger partial charge >= 0.3 is 0 Å². The maximum Gasteiger partial charge on any atom is 0.0540 e. The van der Waals surface area contributed by atoms with E-state index in [0.29, 0.717) is 0 Å². The summed E-state index contributed by atoms with van der Waals surface area (Å²) in [6, 6.07) is 191. The second kappa shape index (κ2) is 39.3. The van der Waals surface area contributed by atoms with Gasteiger partial charge in [-0.2, -0.15) is 0 Å². The third-order valence-corrected chi connectivity index (χ3v) is 25.0. The van der Waals surface area contributed by atoms with Gasteiger partial charge in [0.05, 0.1) is 22.7 Å². The quantitative estimate of drug-likeness (QED) is 0.0709. The SMILES string of the molecule is Cc1ccc(N(c2ccc(C)cc2)c2ccc(-c3ccc(N(c4ccc(C)cc4)c4ccc(C)cc4)cc3)cc2)cc1.c1ccc(N(c2ccccc2)c2ccc(-c3ccc(N(c4ccccc4)c4ccccc4)cc3)cc2)cc1.c1ccc2c(N(c3ccc(-c4ccc(N(c5cccc6ccccc56)c5cccc6ccccc56)cc4)cc3)c3cccc4ccccc34)cccc2c1. The van der Waals surface area contributed by atoms with E-state index >= 15 is 0 Å². The van der Waals surface area contributed by atoms with Crippen molar-refractivity contribution in [3.63, 3.8) is 0 Å². The van der Waals surface area contributed by atoms with E-state index in [1.807, 2.05) is 0 Å². The first-order chi connectivity index (χ1) is 66.1. The molecule has 0 unspecified atom stereocenters. The van der Waals surface area contributed by atoms with Crippen LogP contribution in [0.1, 0.15) is 22.3 Å². The molecule has 0 aliphatic carbocycles. The highest BCUT2D eigenvalue weighted by molar-refractivity contribution is 6.07. The minimum atomic E-state index is 1.11. The molecule has 22 aromatic carbocycles. The summed E-state index contributed by atoms with van der Waals surface area (Å²) in [5.41, 5.74) is 32.6. The molecule has 0 aliphatic heterocycles. The number of hydrogen-bond acceptors (Lipinski definition) is 6. The van der Waals surface area contributed by atoms with E-state index in [0.717, 1.165) is 102 Å². The lowest BCUT2D eigenvalue weighted by molar-refractivity contribution is 1.26. The highest BCUT2D eigenvalue weighted by atomic mass is 15.2. The molecule has 0 radical (unpaired) electrons. The molecule has 22 aromatic rings. The second-order valence-corrected chi connectivity index (χ2v) is 34.0. The zero-order valence-electron chi connectivity index (χ0n) is 75.5. The van der Waals surface area contributed by atoms with Gasteiger partial charge < -0.3 is 29.4 Å². The lowest BCUT2D eigenvalue weighted by atomic mass is 10.0. The monoisotopic (exact) mass is 1720 g/mol. The van der Waals surface area contributed by atoms with Gasteiger partial charge in [0.2, 0.25) is 0 Å². The van der Waals surface area contributed by atoms with Gasteiger partial charge in [0.15, 0.2) is 0 Å². The van der Waals surface area contributed by atoms with Gasteiger partial charge in [-0.3, -0.25) is 0 Å². The van der Waals surface area contributed by atoms with Crippen LogP contribution in [0.25, 0.3) is 76.5 Å². The molecule has 0 bridgehead atoms. The van der Waals surface area contributed by atoms with Crippen molar-refractivity contribution in [3.05, 3.63) is 556 Å². The molecule has 0 fully saturated rings. The van der Waals surface area contributed by atoms with Crippen LogP contribution in [-0.4, -0.2) is 0 Å². The average molecular weight is 1720 g/mol. The Morgan fingerprint density at radius 1 is 0.104 bits per heavy atom. The van der Waals surface area contributed by atoms with Gasteiger partial charge in [-0.1, -0.05) is 362 Å². The van der Waals surface area contributed by atoms with Gasteiger partial charge in [0.25, 0.3) is 0 Å². The maximum atomic E-state index is 2.41. The highest BCUT2D eigenvalue weighted by Gasteiger charge is 2.24. The highest BCUT2D eigenvalue weighted by Crippen LogP contribution is 2.48. The van der Waals surface area contributed by atoms with Crippen molar-refractivity contribution in [2.45, 2.75) is 27.7 Å². The Bertz CT molecular complexity index is 6880. The van der Waals surface area contributed by atoms with Crippen molar-refractivity contribution in [2.24, 2.45) is 0 Å². The topological polar surface area (TPSA) is 19.4 Å². The lowest BCUT2D eigenvalue weighted by Gasteiger charge is -2.28. The van der Waals surface area contributed by atoms with Gasteiger partial charge in [-0.05, 0) is 277 Å². The molecule has 0 spiro atoms. The fourth-order valence-electron chi connectivity index (χ4n) is 18.1. The minimum absolute atomic E-state index is 1.11. The van der Waals surface area contributed by atoms with E-state index in [9.17, 15) is 0 Å². The number of aryl methyl sites for hydroxylation is 4. The van der Waals surface area contributed by atoms with Crippen molar-refractivity contribution in [2.75, 3.05) is 29.4 Å². The lowest BCUT2D eigenvalue weighted by Crippen LogP contribution is -2.11. The molecule has 0 amide bonds. The molecule has 6 heteroatoms. The van der Waals surface area contributed by atoms with Crippen molar-refractivity contribution < 1.29 is 0 Å². The molecule has 134 heavy (non-hydrogen) atoms. The third kappa shape index (κ3) is 18.5. The Morgan fingerprint density at radius 2 is 0.239 bits per heavy atom. The first kappa shape index (κ1) is 84.8. The van der Waals surface area contributed by atoms with Crippen LogP contribution in [0.4, 0.5) is 102 Å². The molecular formula is C128H100N6. The summed E-state index contributed by atoms with van der Waals surface area (Å²) in [7, 11) is 0. The first-order valence-corrected chi connectivity index (χ1v) is 45.9. The van der Waals surface area contributed by atoms with Crippen molar-refractivity contribution in [1.29, 1.82) is 0 Å². The predicted molar refractivity (Wildman–Crippen MR) is 573 cm³/mol. The van der Waals surface area contributed by atoms with Crippen LogP contribution in [0.15, 0.2) is 534 Å². The number of anilines is 18. The first-order valence-electron chi connectivity index (χ1n) is 45.9. The summed E-state index contributed by atoms with van der Waals surface area (Å²) in [5.74, 6) is 0. The van der Waals surface area contributed by atoms with Crippen LogP contribution in [0.3, 0.4) is 0 Å². The van der Waals surface area contributed by atoms with Crippen LogP contribution in [0.2, 0.25) is 0 Å². The van der Waals surface area contributed by atoms with Crippen LogP contribution in [0, 0.1) is 27.7 Å². The Kier molecular flexibility index (Phi) is 24.9. The predicted octanol–water partition coefficient (Wildman–Crippen LogP) is 36.7. The summed E-state index contributed by atoms with van der Waals surface area (Å²) >= 11 is 0. The molecule has 0 saturated carbocycles. The Balaban J connectivity index is 0.000000127. The molecule has 0 saturated heterocycles. The van der Waals surface area contributed by atoms with E-state index in [1.165, 1.54) is 98.7 Å². The van der Waals surface area contributed by atoms with E-state index in [2.05, 4.69) is 591 Å². The van der Waals surface area contributed by atoms with Gasteiger partial charge in [0, 0.05) is 101 Å². The molecule has 0 atom stereocenters. The van der Waals surface area contributed by atoms with Gasteiger partial charge in [-0.15, -0.1) is 0 Å². The smallest absolute Gasteiger partial charge is 0.0540 e. The molecule has 22 rings (SSSR count). The molecule has 0 heterocycles. The molecular weight excluding hydrogens is 1620 g/mol. The molecule has 0 N–H and O–H groups in total. The normalized spacial score (nSPS) is 11.0. The van der Waals surface area contributed by atoms with Crippen LogP contribution in [-0.2, 0) is 0 Å². The van der Waals surface area contributed by atoms with Gasteiger partial charge in [-0.25, -0.2) is 0 Å². The number of nitrogens with zero attached hydrogens (tertiary/aromatic N) is 6. The molecule has 0 aromatic heterocycles. The van der Waals surface area contributed by atoms with E-state index < -0.39 is 0 Å². The largest absolute Gasteiger partial charge is 0.311 e. The molecule has 642 valence electrons. The Hall–Kier alpha value is -17.3. The summed E-state index contributed by atoms with van der Waals surface area (Å²) in [4.78, 5) is 14.0. The zero-order valence-corrected chi connectivity index (χ0v) is 75.5. The number of hydrogen-bond donors (Lipinski definition) is 0. The summed E-state index contributed by atoms with van der Waals surface area (Å²) in [6.07, 6.45) is 0. The zero-order chi connectivity index (χ0) is 90.5. The number of fused-ring (bicyclic) bond motifs is 4. The fourth-order valence-corrected chi connectivity index (χ4v) is 18.1. The number of para-hydroxylation sites is 4. The van der Waals surface area contributed by atoms with Crippen molar-refractivity contribution in [3.8, 4) is 33.4 Å².